The van der Waals surface area contributed by atoms with Gasteiger partial charge in [0.2, 0.25) is 0 Å². The molecule has 0 amide bonds. The second-order valence-corrected chi connectivity index (χ2v) is 0.671. The molecule has 8 heavy (non-hydrogen) atoms. The van der Waals surface area contributed by atoms with Crippen molar-refractivity contribution in [2.45, 2.75) is 6.92 Å². The van der Waals surface area contributed by atoms with Gasteiger partial charge in [-0.05, 0) is 0 Å². The molecule has 6 nitrogen and oxygen atoms in total. The molecule has 0 saturated heterocycles. The Morgan fingerprint density at radius 2 is 2.00 bits per heavy atom. The van der Waals surface area contributed by atoms with Gasteiger partial charge in [-0.3, -0.25) is 4.89 Å². The molecule has 0 aromatic carbocycles. The molecule has 0 fully saturated rings. The number of carbonyl (C=O) groups is 1. The van der Waals surface area contributed by atoms with Crippen molar-refractivity contribution < 1.29 is 19.9 Å². The highest BCUT2D eigenvalue weighted by Crippen LogP contribution is 1.66. The highest BCUT2D eigenvalue weighted by atomic mass is 17.3. The number of carbonyl (C=O) groups excluding carboxylic acids is 1. The standard InChI is InChI=1S/C2H5NO3.H3NO/c1-2(4)5-6-3;1-2/h3H2,1H3;2H,1H2. The summed E-state index contributed by atoms with van der Waals surface area (Å²) in [5.41, 5.74) is 0. The molecule has 0 aliphatic rings. The third-order valence-corrected chi connectivity index (χ3v) is 0.165. The molecule has 0 aliphatic heterocycles. The molecule has 0 aromatic heterocycles. The minimum atomic E-state index is -0.558. The van der Waals surface area contributed by atoms with Gasteiger partial charge in [-0.15, -0.1) is 0 Å². The van der Waals surface area contributed by atoms with E-state index in [1.165, 1.54) is 6.92 Å². The SMILES string of the molecule is CC(=O)OON.NO. The number of hydrogen-bond acceptors (Lipinski definition) is 6. The van der Waals surface area contributed by atoms with E-state index in [0.29, 0.717) is 0 Å². The summed E-state index contributed by atoms with van der Waals surface area (Å²) in [5, 5.41) is 6.50. The van der Waals surface area contributed by atoms with E-state index in [-0.39, 0.29) is 0 Å². The molecule has 0 unspecified atom stereocenters. The van der Waals surface area contributed by atoms with E-state index in [9.17, 15) is 4.79 Å². The van der Waals surface area contributed by atoms with Gasteiger partial charge >= 0.3 is 5.97 Å². The molecule has 0 heterocycles. The van der Waals surface area contributed by atoms with Crippen molar-refractivity contribution in [2.24, 2.45) is 11.8 Å². The van der Waals surface area contributed by atoms with Crippen molar-refractivity contribution in [1.29, 1.82) is 0 Å². The van der Waals surface area contributed by atoms with Crippen molar-refractivity contribution >= 4 is 5.97 Å². The minimum absolute atomic E-state index is 0.558. The van der Waals surface area contributed by atoms with Crippen LogP contribution in [0, 0.1) is 0 Å². The number of hydrogen-bond donors (Lipinski definition) is 3. The van der Waals surface area contributed by atoms with Crippen molar-refractivity contribution in [3.63, 3.8) is 0 Å². The van der Waals surface area contributed by atoms with E-state index in [0.717, 1.165) is 0 Å². The molecule has 6 heteroatoms. The molecule has 0 atom stereocenters. The first-order valence-corrected chi connectivity index (χ1v) is 1.57. The van der Waals surface area contributed by atoms with Gasteiger partial charge in [0, 0.05) is 6.92 Å². The van der Waals surface area contributed by atoms with E-state index in [1.54, 1.807) is 0 Å². The maximum Gasteiger partial charge on any atom is 0.341 e. The Bertz CT molecular complexity index is 56.0. The van der Waals surface area contributed by atoms with Crippen molar-refractivity contribution in [2.75, 3.05) is 0 Å². The fraction of sp³-hybridized carbons (Fsp3) is 0.500. The fourth-order valence-electron chi connectivity index (χ4n) is 0.0678. The zero-order valence-corrected chi connectivity index (χ0v) is 4.33. The minimum Gasteiger partial charge on any atom is -0.320 e. The maximum absolute atomic E-state index is 9.62. The summed E-state index contributed by atoms with van der Waals surface area (Å²) in [4.78, 5) is 16.8. The van der Waals surface area contributed by atoms with Crippen LogP contribution < -0.4 is 11.8 Å². The lowest BCUT2D eigenvalue weighted by molar-refractivity contribution is -0.274. The predicted octanol–water partition coefficient (Wildman–Crippen LogP) is -1.31. The third-order valence-electron chi connectivity index (χ3n) is 0.165. The Morgan fingerprint density at radius 3 is 2.00 bits per heavy atom. The largest absolute Gasteiger partial charge is 0.341 e. The van der Waals surface area contributed by atoms with E-state index in [4.69, 9.17) is 5.21 Å². The molecular weight excluding hydrogens is 116 g/mol. The Balaban J connectivity index is 0. The van der Waals surface area contributed by atoms with Gasteiger partial charge in [0.1, 0.15) is 0 Å². The summed E-state index contributed by atoms with van der Waals surface area (Å²) < 4.78 is 0. The van der Waals surface area contributed by atoms with Crippen molar-refractivity contribution in [3.05, 3.63) is 0 Å². The van der Waals surface area contributed by atoms with Crippen LogP contribution in [0.15, 0.2) is 0 Å². The van der Waals surface area contributed by atoms with Gasteiger partial charge in [0.05, 0.1) is 0 Å². The Kier molecular flexibility index (Phi) is 12.4. The first-order chi connectivity index (χ1) is 3.77. The number of rotatable bonds is 1. The predicted molar refractivity (Wildman–Crippen MR) is 23.0 cm³/mol. The molecular formula is C2H8N2O4. The summed E-state index contributed by atoms with van der Waals surface area (Å²) in [7, 11) is 0. The van der Waals surface area contributed by atoms with Gasteiger partial charge in [-0.1, -0.05) is 4.99 Å². The summed E-state index contributed by atoms with van der Waals surface area (Å²) in [5.74, 6) is 7.23. The topological polar surface area (TPSA) is 108 Å². The normalized spacial score (nSPS) is 6.50. The van der Waals surface area contributed by atoms with E-state index < -0.39 is 5.97 Å². The lowest BCUT2D eigenvalue weighted by Crippen LogP contribution is -2.04. The van der Waals surface area contributed by atoms with Crippen LogP contribution in [0.3, 0.4) is 0 Å². The average molecular weight is 124 g/mol. The molecule has 50 valence electrons. The molecule has 0 spiro atoms. The highest BCUT2D eigenvalue weighted by molar-refractivity contribution is 5.65. The van der Waals surface area contributed by atoms with Crippen molar-refractivity contribution in [3.8, 4) is 0 Å². The summed E-state index contributed by atoms with van der Waals surface area (Å²) >= 11 is 0. The average Bonchev–Trinajstić information content (AvgIpc) is 1.72. The van der Waals surface area contributed by atoms with Crippen LogP contribution in [0.4, 0.5) is 0 Å². The molecule has 0 aliphatic carbocycles. The molecule has 0 saturated carbocycles. The summed E-state index contributed by atoms with van der Waals surface area (Å²) in [6, 6.07) is 0. The summed E-state index contributed by atoms with van der Waals surface area (Å²) in [6.45, 7) is 1.19. The Hall–Kier alpha value is -0.690. The Morgan fingerprint density at radius 1 is 1.62 bits per heavy atom. The van der Waals surface area contributed by atoms with Crippen LogP contribution in [0.1, 0.15) is 6.92 Å². The van der Waals surface area contributed by atoms with E-state index in [1.807, 2.05) is 0 Å². The quantitative estimate of drug-likeness (QED) is 0.296. The van der Waals surface area contributed by atoms with Crippen molar-refractivity contribution in [1.82, 2.24) is 0 Å². The van der Waals surface area contributed by atoms with Gasteiger partial charge in [0.25, 0.3) is 0 Å². The molecule has 0 radical (unpaired) electrons. The monoisotopic (exact) mass is 124 g/mol. The number of nitrogens with two attached hydrogens (primary N) is 2. The van der Waals surface area contributed by atoms with Crippen LogP contribution >= 0.6 is 0 Å². The maximum atomic E-state index is 9.62. The van der Waals surface area contributed by atoms with Gasteiger partial charge in [0.15, 0.2) is 0 Å². The lowest BCUT2D eigenvalue weighted by Gasteiger charge is -1.86. The molecule has 0 bridgehead atoms. The second-order valence-electron chi connectivity index (χ2n) is 0.671. The van der Waals surface area contributed by atoms with Crippen LogP contribution in [-0.2, 0) is 14.7 Å². The van der Waals surface area contributed by atoms with Crippen LogP contribution in [0.5, 0.6) is 0 Å². The second kappa shape index (κ2) is 9.58. The lowest BCUT2D eigenvalue weighted by atomic mass is 10.9. The molecule has 0 aromatic rings. The zero-order valence-electron chi connectivity index (χ0n) is 4.33. The van der Waals surface area contributed by atoms with Gasteiger partial charge in [-0.25, -0.2) is 10.7 Å². The van der Waals surface area contributed by atoms with Crippen LogP contribution in [0.2, 0.25) is 0 Å². The molecule has 5 N–H and O–H groups in total. The zero-order chi connectivity index (χ0) is 6.99. The van der Waals surface area contributed by atoms with Crippen LogP contribution in [-0.4, -0.2) is 11.2 Å². The molecule has 0 rings (SSSR count). The van der Waals surface area contributed by atoms with E-state index in [2.05, 4.69) is 21.7 Å². The third kappa shape index (κ3) is 18.5. The van der Waals surface area contributed by atoms with Crippen LogP contribution in [0.25, 0.3) is 0 Å². The first kappa shape index (κ1) is 10.3. The van der Waals surface area contributed by atoms with E-state index >= 15 is 0 Å². The smallest absolute Gasteiger partial charge is 0.320 e. The fourth-order valence-corrected chi connectivity index (χ4v) is 0.0678. The first-order valence-electron chi connectivity index (χ1n) is 1.57. The van der Waals surface area contributed by atoms with Gasteiger partial charge in [-0.2, -0.15) is 5.90 Å². The van der Waals surface area contributed by atoms with Gasteiger partial charge < -0.3 is 5.21 Å². The highest BCUT2D eigenvalue weighted by Gasteiger charge is 1.84. The summed E-state index contributed by atoms with van der Waals surface area (Å²) in [6.07, 6.45) is 0. The Labute approximate surface area is 45.8 Å².